The van der Waals surface area contributed by atoms with Gasteiger partial charge in [0.25, 0.3) is 0 Å². The largest absolute Gasteiger partial charge is 0.453 e. The van der Waals surface area contributed by atoms with E-state index in [1.54, 1.807) is 0 Å². The molecule has 0 radical (unpaired) electrons. The van der Waals surface area contributed by atoms with Crippen LogP contribution < -0.4 is 11.3 Å². The molecule has 0 saturated heterocycles. The third-order valence-corrected chi connectivity index (χ3v) is 3.96. The quantitative estimate of drug-likeness (QED) is 0.599. The second kappa shape index (κ2) is 7.06. The number of furan rings is 1. The molecule has 3 N–H and O–H groups in total. The summed E-state index contributed by atoms with van der Waals surface area (Å²) in [6, 6.07) is 6.20. The van der Waals surface area contributed by atoms with Crippen LogP contribution in [-0.2, 0) is 6.42 Å². The number of hydrogen-bond acceptors (Lipinski definition) is 4. The van der Waals surface area contributed by atoms with Crippen LogP contribution in [0, 0.1) is 0 Å². The summed E-state index contributed by atoms with van der Waals surface area (Å²) in [7, 11) is 0. The summed E-state index contributed by atoms with van der Waals surface area (Å²) in [6.45, 7) is 4.36. The van der Waals surface area contributed by atoms with Crippen LogP contribution in [0.5, 0.6) is 0 Å². The van der Waals surface area contributed by atoms with Crippen molar-refractivity contribution in [3.8, 4) is 0 Å². The van der Waals surface area contributed by atoms with Gasteiger partial charge in [-0.25, -0.2) is 5.43 Å². The van der Waals surface area contributed by atoms with E-state index in [4.69, 9.17) is 10.3 Å². The van der Waals surface area contributed by atoms with Crippen molar-refractivity contribution in [2.45, 2.75) is 45.2 Å². The molecule has 0 spiro atoms. The average molecular weight is 341 g/mol. The highest BCUT2D eigenvalue weighted by Crippen LogP contribution is 2.23. The van der Waals surface area contributed by atoms with E-state index in [1.165, 1.54) is 0 Å². The highest BCUT2D eigenvalue weighted by atomic mass is 79.9. The summed E-state index contributed by atoms with van der Waals surface area (Å²) in [5.74, 6) is 6.42. The molecule has 0 aliphatic carbocycles. The van der Waals surface area contributed by atoms with Gasteiger partial charge in [-0.15, -0.1) is 0 Å². The van der Waals surface area contributed by atoms with Crippen molar-refractivity contribution in [1.29, 1.82) is 0 Å². The lowest BCUT2D eigenvalue weighted by Gasteiger charge is -2.13. The maximum atomic E-state index is 5.62. The van der Waals surface area contributed by atoms with Crippen molar-refractivity contribution in [2.24, 2.45) is 5.84 Å². The lowest BCUT2D eigenvalue weighted by Crippen LogP contribution is -2.29. The van der Waals surface area contributed by atoms with E-state index in [9.17, 15) is 0 Å². The smallest absolute Gasteiger partial charge is 0.169 e. The Balaban J connectivity index is 2.08. The van der Waals surface area contributed by atoms with Gasteiger partial charge >= 0.3 is 0 Å². The predicted molar refractivity (Wildman–Crippen MR) is 82.0 cm³/mol. The van der Waals surface area contributed by atoms with Crippen molar-refractivity contribution in [3.05, 3.63) is 40.5 Å². The zero-order valence-electron chi connectivity index (χ0n) is 11.8. The zero-order chi connectivity index (χ0) is 14.5. The van der Waals surface area contributed by atoms with Gasteiger partial charge in [0.1, 0.15) is 5.76 Å². The Morgan fingerprint density at radius 3 is 2.65 bits per heavy atom. The van der Waals surface area contributed by atoms with Crippen LogP contribution in [0.3, 0.4) is 0 Å². The molecule has 1 unspecified atom stereocenters. The number of aromatic nitrogens is 2. The Labute approximate surface area is 127 Å². The molecule has 2 aromatic rings. The summed E-state index contributed by atoms with van der Waals surface area (Å²) >= 11 is 3.30. The van der Waals surface area contributed by atoms with E-state index in [-0.39, 0.29) is 6.04 Å². The van der Waals surface area contributed by atoms with Gasteiger partial charge in [0, 0.05) is 12.6 Å². The molecule has 0 aliphatic heterocycles. The van der Waals surface area contributed by atoms with E-state index in [1.807, 2.05) is 29.1 Å². The molecule has 2 heterocycles. The highest BCUT2D eigenvalue weighted by Gasteiger charge is 2.17. The molecule has 2 rings (SSSR count). The Bertz CT molecular complexity index is 533. The number of nitrogens with zero attached hydrogens (tertiary/aromatic N) is 2. The molecule has 1 atom stereocenters. The normalized spacial score (nSPS) is 13.1. The van der Waals surface area contributed by atoms with E-state index < -0.39 is 0 Å². The van der Waals surface area contributed by atoms with Gasteiger partial charge in [0.05, 0.1) is 17.8 Å². The summed E-state index contributed by atoms with van der Waals surface area (Å²) in [5, 5.41) is 4.64. The lowest BCUT2D eigenvalue weighted by atomic mass is 10.1. The van der Waals surface area contributed by atoms with Gasteiger partial charge in [0.2, 0.25) is 0 Å². The number of nitrogens with two attached hydrogens (primary N) is 1. The third-order valence-electron chi connectivity index (χ3n) is 3.53. The first kappa shape index (κ1) is 15.3. The second-order valence-corrected chi connectivity index (χ2v) is 5.60. The molecule has 5 nitrogen and oxygen atoms in total. The number of nitrogens with one attached hydrogen (secondary N) is 1. The summed E-state index contributed by atoms with van der Waals surface area (Å²) in [4.78, 5) is 0. The number of rotatable bonds is 7. The molecule has 0 aromatic carbocycles. The van der Waals surface area contributed by atoms with E-state index in [0.29, 0.717) is 17.1 Å². The maximum absolute atomic E-state index is 5.62. The van der Waals surface area contributed by atoms with Crippen molar-refractivity contribution < 1.29 is 4.42 Å². The van der Waals surface area contributed by atoms with Gasteiger partial charge in [-0.3, -0.25) is 10.5 Å². The molecular formula is C14H21BrN4O. The van der Waals surface area contributed by atoms with Crippen LogP contribution in [-0.4, -0.2) is 9.78 Å². The second-order valence-electron chi connectivity index (χ2n) is 4.82. The third kappa shape index (κ3) is 3.50. The van der Waals surface area contributed by atoms with Crippen molar-refractivity contribution in [1.82, 2.24) is 15.2 Å². The summed E-state index contributed by atoms with van der Waals surface area (Å²) < 4.78 is 8.29. The van der Waals surface area contributed by atoms with Crippen LogP contribution in [0.4, 0.5) is 0 Å². The Morgan fingerprint density at radius 2 is 2.10 bits per heavy atom. The van der Waals surface area contributed by atoms with Crippen LogP contribution in [0.2, 0.25) is 0 Å². The Hall–Kier alpha value is -1.11. The summed E-state index contributed by atoms with van der Waals surface area (Å²) in [5.41, 5.74) is 3.79. The molecule has 0 fully saturated rings. The highest BCUT2D eigenvalue weighted by molar-refractivity contribution is 9.10. The van der Waals surface area contributed by atoms with E-state index >= 15 is 0 Å². The van der Waals surface area contributed by atoms with Crippen LogP contribution in [0.25, 0.3) is 0 Å². The Kier molecular flexibility index (Phi) is 5.39. The van der Waals surface area contributed by atoms with Gasteiger partial charge in [0.15, 0.2) is 4.67 Å². The fraction of sp³-hybridized carbons (Fsp3) is 0.500. The minimum atomic E-state index is -0.0775. The van der Waals surface area contributed by atoms with Gasteiger partial charge in [-0.2, -0.15) is 5.10 Å². The van der Waals surface area contributed by atoms with Crippen molar-refractivity contribution in [3.63, 3.8) is 0 Å². The topological polar surface area (TPSA) is 69.0 Å². The van der Waals surface area contributed by atoms with E-state index in [0.717, 1.165) is 24.3 Å². The molecule has 0 bridgehead atoms. The van der Waals surface area contributed by atoms with Gasteiger partial charge in [-0.1, -0.05) is 13.8 Å². The average Bonchev–Trinajstić information content (AvgIpc) is 3.07. The fourth-order valence-electron chi connectivity index (χ4n) is 2.32. The lowest BCUT2D eigenvalue weighted by molar-refractivity contribution is 0.395. The number of hydrazine groups is 1. The SMILES string of the molecule is CCC(CC)n1ccc(CC(NN)c2ccc(Br)o2)n1. The number of halogens is 1. The van der Waals surface area contributed by atoms with Gasteiger partial charge in [-0.05, 0) is 47.0 Å². The van der Waals surface area contributed by atoms with Crippen LogP contribution in [0.1, 0.15) is 50.2 Å². The van der Waals surface area contributed by atoms with E-state index in [2.05, 4.69) is 40.3 Å². The number of hydrogen-bond donors (Lipinski definition) is 2. The molecule has 20 heavy (non-hydrogen) atoms. The molecular weight excluding hydrogens is 320 g/mol. The summed E-state index contributed by atoms with van der Waals surface area (Å²) in [6.07, 6.45) is 4.91. The zero-order valence-corrected chi connectivity index (χ0v) is 13.4. The first-order valence-corrected chi connectivity index (χ1v) is 7.72. The Morgan fingerprint density at radius 1 is 1.35 bits per heavy atom. The standard InChI is InChI=1S/C14H21BrN4O/c1-3-11(4-2)19-8-7-10(18-19)9-12(17-16)13-5-6-14(15)20-13/h5-8,11-12,17H,3-4,9,16H2,1-2H3. The van der Waals surface area contributed by atoms with Gasteiger partial charge < -0.3 is 4.42 Å². The molecule has 0 amide bonds. The molecule has 0 saturated carbocycles. The maximum Gasteiger partial charge on any atom is 0.169 e. The molecule has 0 aliphatic rings. The predicted octanol–water partition coefficient (Wildman–Crippen LogP) is 3.35. The molecule has 110 valence electrons. The first-order chi connectivity index (χ1) is 9.67. The van der Waals surface area contributed by atoms with Crippen molar-refractivity contribution in [2.75, 3.05) is 0 Å². The molecule has 2 aromatic heterocycles. The van der Waals surface area contributed by atoms with Crippen LogP contribution >= 0.6 is 15.9 Å². The minimum Gasteiger partial charge on any atom is -0.453 e. The fourth-order valence-corrected chi connectivity index (χ4v) is 2.64. The minimum absolute atomic E-state index is 0.0775. The van der Waals surface area contributed by atoms with Crippen LogP contribution in [0.15, 0.2) is 33.5 Å². The monoisotopic (exact) mass is 340 g/mol. The first-order valence-electron chi connectivity index (χ1n) is 6.93. The molecule has 6 heteroatoms. The van der Waals surface area contributed by atoms with Crippen molar-refractivity contribution >= 4 is 15.9 Å².